The van der Waals surface area contributed by atoms with Crippen LogP contribution in [0.4, 0.5) is 5.82 Å². The highest BCUT2D eigenvalue weighted by Gasteiger charge is 2.09. The number of aryl methyl sites for hydroxylation is 1. The lowest BCUT2D eigenvalue weighted by Crippen LogP contribution is -2.13. The molecule has 0 radical (unpaired) electrons. The Labute approximate surface area is 129 Å². The van der Waals surface area contributed by atoms with Crippen LogP contribution < -0.4 is 5.32 Å². The zero-order valence-electron chi connectivity index (χ0n) is 11.2. The molecule has 0 bridgehead atoms. The van der Waals surface area contributed by atoms with Crippen molar-refractivity contribution in [2.45, 2.75) is 6.92 Å². The molecule has 2 aromatic heterocycles. The first-order valence-corrected chi connectivity index (χ1v) is 7.07. The third-order valence-corrected chi connectivity index (χ3v) is 3.85. The number of halogens is 1. The Balaban J connectivity index is 1.87. The summed E-state index contributed by atoms with van der Waals surface area (Å²) in [6, 6.07) is 7.02. The van der Waals surface area contributed by atoms with Gasteiger partial charge in [-0.2, -0.15) is 0 Å². The molecule has 6 heteroatoms. The number of amides is 1. The topological polar surface area (TPSA) is 67.8 Å². The molecular formula is C15H11BrN4O. The van der Waals surface area contributed by atoms with Crippen molar-refractivity contribution in [1.82, 2.24) is 15.0 Å². The van der Waals surface area contributed by atoms with Gasteiger partial charge in [-0.15, -0.1) is 0 Å². The SMILES string of the molecule is Cc1cc(NC(=O)c2ccc3nccnc3c2)ncc1Br. The molecule has 21 heavy (non-hydrogen) atoms. The summed E-state index contributed by atoms with van der Waals surface area (Å²) in [6.45, 7) is 1.94. The molecule has 0 fully saturated rings. The average molecular weight is 343 g/mol. The maximum absolute atomic E-state index is 12.2. The fraction of sp³-hybridized carbons (Fsp3) is 0.0667. The summed E-state index contributed by atoms with van der Waals surface area (Å²) in [5.41, 5.74) is 2.96. The van der Waals surface area contributed by atoms with Crippen LogP contribution in [-0.4, -0.2) is 20.9 Å². The molecule has 0 aliphatic rings. The van der Waals surface area contributed by atoms with Crippen LogP contribution in [0.1, 0.15) is 15.9 Å². The van der Waals surface area contributed by atoms with Gasteiger partial charge in [0.1, 0.15) is 5.82 Å². The second-order valence-electron chi connectivity index (χ2n) is 4.53. The first-order chi connectivity index (χ1) is 10.1. The van der Waals surface area contributed by atoms with Gasteiger partial charge in [0, 0.05) is 28.6 Å². The Morgan fingerprint density at radius 1 is 1.10 bits per heavy atom. The maximum atomic E-state index is 12.2. The van der Waals surface area contributed by atoms with E-state index in [1.54, 1.807) is 36.8 Å². The molecule has 104 valence electrons. The van der Waals surface area contributed by atoms with Gasteiger partial charge in [0.25, 0.3) is 5.91 Å². The summed E-state index contributed by atoms with van der Waals surface area (Å²) in [7, 11) is 0. The minimum atomic E-state index is -0.225. The molecule has 5 nitrogen and oxygen atoms in total. The highest BCUT2D eigenvalue weighted by atomic mass is 79.9. The number of carbonyl (C=O) groups is 1. The van der Waals surface area contributed by atoms with E-state index in [2.05, 4.69) is 36.2 Å². The van der Waals surface area contributed by atoms with E-state index < -0.39 is 0 Å². The number of hydrogen-bond donors (Lipinski definition) is 1. The van der Waals surface area contributed by atoms with Crippen molar-refractivity contribution in [3.05, 3.63) is 58.5 Å². The lowest BCUT2D eigenvalue weighted by Gasteiger charge is -2.06. The molecule has 1 aromatic carbocycles. The second kappa shape index (κ2) is 5.57. The van der Waals surface area contributed by atoms with Crippen LogP contribution in [0, 0.1) is 6.92 Å². The molecule has 1 N–H and O–H groups in total. The number of carbonyl (C=O) groups excluding carboxylic acids is 1. The number of nitrogens with one attached hydrogen (secondary N) is 1. The van der Waals surface area contributed by atoms with Gasteiger partial charge in [-0.05, 0) is 52.7 Å². The van der Waals surface area contributed by atoms with Crippen LogP contribution in [0.3, 0.4) is 0 Å². The minimum absolute atomic E-state index is 0.225. The van der Waals surface area contributed by atoms with E-state index in [-0.39, 0.29) is 5.91 Å². The third-order valence-electron chi connectivity index (χ3n) is 3.02. The Bertz CT molecular complexity index is 835. The minimum Gasteiger partial charge on any atom is -0.307 e. The van der Waals surface area contributed by atoms with E-state index in [4.69, 9.17) is 0 Å². The Hall–Kier alpha value is -2.34. The highest BCUT2D eigenvalue weighted by molar-refractivity contribution is 9.10. The molecule has 0 saturated heterocycles. The van der Waals surface area contributed by atoms with Crippen LogP contribution in [0.15, 0.2) is 47.3 Å². The van der Waals surface area contributed by atoms with Crippen LogP contribution in [0.5, 0.6) is 0 Å². The fourth-order valence-corrected chi connectivity index (χ4v) is 2.12. The van der Waals surface area contributed by atoms with E-state index in [1.807, 2.05) is 13.0 Å². The summed E-state index contributed by atoms with van der Waals surface area (Å²) in [5.74, 6) is 0.289. The molecule has 0 atom stereocenters. The third kappa shape index (κ3) is 2.90. The molecule has 3 aromatic rings. The quantitative estimate of drug-likeness (QED) is 0.775. The summed E-state index contributed by atoms with van der Waals surface area (Å²) < 4.78 is 0.904. The van der Waals surface area contributed by atoms with E-state index in [9.17, 15) is 4.79 Å². The van der Waals surface area contributed by atoms with Crippen LogP contribution >= 0.6 is 15.9 Å². The lowest BCUT2D eigenvalue weighted by molar-refractivity contribution is 0.102. The molecule has 0 saturated carbocycles. The molecule has 0 aliphatic heterocycles. The van der Waals surface area contributed by atoms with Gasteiger partial charge in [-0.25, -0.2) is 4.98 Å². The summed E-state index contributed by atoms with van der Waals surface area (Å²) in [6.07, 6.45) is 4.89. The predicted molar refractivity (Wildman–Crippen MR) is 84.2 cm³/mol. The first-order valence-electron chi connectivity index (χ1n) is 6.28. The number of rotatable bonds is 2. The number of nitrogens with zero attached hydrogens (tertiary/aromatic N) is 3. The van der Waals surface area contributed by atoms with Gasteiger partial charge in [0.15, 0.2) is 0 Å². The number of pyridine rings is 1. The van der Waals surface area contributed by atoms with Gasteiger partial charge >= 0.3 is 0 Å². The van der Waals surface area contributed by atoms with Gasteiger partial charge < -0.3 is 5.32 Å². The molecular weight excluding hydrogens is 332 g/mol. The van der Waals surface area contributed by atoms with Crippen molar-refractivity contribution in [2.24, 2.45) is 0 Å². The zero-order valence-corrected chi connectivity index (χ0v) is 12.8. The Kier molecular flexibility index (Phi) is 3.62. The van der Waals surface area contributed by atoms with Crippen LogP contribution in [0.25, 0.3) is 11.0 Å². The van der Waals surface area contributed by atoms with Crippen LogP contribution in [-0.2, 0) is 0 Å². The van der Waals surface area contributed by atoms with Crippen molar-refractivity contribution in [1.29, 1.82) is 0 Å². The molecule has 0 aliphatic carbocycles. The smallest absolute Gasteiger partial charge is 0.256 e. The monoisotopic (exact) mass is 342 g/mol. The largest absolute Gasteiger partial charge is 0.307 e. The van der Waals surface area contributed by atoms with Crippen molar-refractivity contribution in [2.75, 3.05) is 5.32 Å². The molecule has 2 heterocycles. The molecule has 0 unspecified atom stereocenters. The van der Waals surface area contributed by atoms with E-state index >= 15 is 0 Å². The summed E-state index contributed by atoms with van der Waals surface area (Å²) >= 11 is 3.38. The number of fused-ring (bicyclic) bond motifs is 1. The van der Waals surface area contributed by atoms with E-state index in [0.717, 1.165) is 15.6 Å². The number of anilines is 1. The van der Waals surface area contributed by atoms with Crippen molar-refractivity contribution < 1.29 is 4.79 Å². The number of hydrogen-bond acceptors (Lipinski definition) is 4. The molecule has 0 spiro atoms. The maximum Gasteiger partial charge on any atom is 0.256 e. The van der Waals surface area contributed by atoms with E-state index in [1.165, 1.54) is 0 Å². The van der Waals surface area contributed by atoms with Gasteiger partial charge in [0.05, 0.1) is 11.0 Å². The Morgan fingerprint density at radius 3 is 2.62 bits per heavy atom. The van der Waals surface area contributed by atoms with Crippen molar-refractivity contribution in [3.8, 4) is 0 Å². The van der Waals surface area contributed by atoms with Gasteiger partial charge in [0.2, 0.25) is 0 Å². The standard InChI is InChI=1S/C15H11BrN4O/c1-9-6-14(19-8-11(9)16)20-15(21)10-2-3-12-13(7-10)18-5-4-17-12/h2-8H,1H3,(H,19,20,21). The van der Waals surface area contributed by atoms with Gasteiger partial charge in [-0.3, -0.25) is 14.8 Å². The van der Waals surface area contributed by atoms with E-state index in [0.29, 0.717) is 16.9 Å². The summed E-state index contributed by atoms with van der Waals surface area (Å²) in [4.78, 5) is 24.8. The Morgan fingerprint density at radius 2 is 1.86 bits per heavy atom. The zero-order chi connectivity index (χ0) is 14.8. The van der Waals surface area contributed by atoms with Crippen molar-refractivity contribution in [3.63, 3.8) is 0 Å². The normalized spacial score (nSPS) is 10.6. The summed E-state index contributed by atoms with van der Waals surface area (Å²) in [5, 5.41) is 2.77. The molecule has 1 amide bonds. The van der Waals surface area contributed by atoms with Crippen molar-refractivity contribution >= 4 is 38.7 Å². The van der Waals surface area contributed by atoms with Crippen LogP contribution in [0.2, 0.25) is 0 Å². The molecule has 3 rings (SSSR count). The second-order valence-corrected chi connectivity index (χ2v) is 5.39. The number of benzene rings is 1. The fourth-order valence-electron chi connectivity index (χ4n) is 1.90. The first kappa shape index (κ1) is 13.6. The lowest BCUT2D eigenvalue weighted by atomic mass is 10.2. The predicted octanol–water partition coefficient (Wildman–Crippen LogP) is 3.35. The highest BCUT2D eigenvalue weighted by Crippen LogP contribution is 2.18. The average Bonchev–Trinajstić information content (AvgIpc) is 2.50. The number of aromatic nitrogens is 3. The van der Waals surface area contributed by atoms with Gasteiger partial charge in [-0.1, -0.05) is 0 Å².